The first-order valence-corrected chi connectivity index (χ1v) is 7.18. The summed E-state index contributed by atoms with van der Waals surface area (Å²) in [6, 6.07) is 5.07. The molecule has 2 heterocycles. The molecule has 0 aliphatic carbocycles. The summed E-state index contributed by atoms with van der Waals surface area (Å²) in [4.78, 5) is 18.3. The van der Waals surface area contributed by atoms with Crippen molar-refractivity contribution in [3.05, 3.63) is 40.5 Å². The van der Waals surface area contributed by atoms with Crippen molar-refractivity contribution in [2.45, 2.75) is 6.23 Å². The molecule has 0 saturated carbocycles. The first-order chi connectivity index (χ1) is 11.2. The summed E-state index contributed by atoms with van der Waals surface area (Å²) in [6.07, 6.45) is 1.91. The molecular formula is C15H15ClN4O3. The summed E-state index contributed by atoms with van der Waals surface area (Å²) in [6.45, 7) is 0. The maximum absolute atomic E-state index is 10.9. The van der Waals surface area contributed by atoms with E-state index in [4.69, 9.17) is 21.1 Å². The van der Waals surface area contributed by atoms with Gasteiger partial charge in [-0.1, -0.05) is 11.6 Å². The Morgan fingerprint density at radius 3 is 2.91 bits per heavy atom. The number of hydrogen-bond donors (Lipinski definition) is 3. The van der Waals surface area contributed by atoms with Crippen molar-refractivity contribution in [1.29, 1.82) is 0 Å². The van der Waals surface area contributed by atoms with E-state index in [0.717, 1.165) is 11.8 Å². The minimum absolute atomic E-state index is 0.472. The lowest BCUT2D eigenvalue weighted by Crippen LogP contribution is -2.28. The van der Waals surface area contributed by atoms with Gasteiger partial charge in [0, 0.05) is 18.9 Å². The molecule has 1 aromatic heterocycles. The molecule has 2 aromatic rings. The third-order valence-electron chi connectivity index (χ3n) is 3.44. The monoisotopic (exact) mass is 334 g/mol. The Bertz CT molecular complexity index is 772. The summed E-state index contributed by atoms with van der Waals surface area (Å²) >= 11 is 6.13. The number of ether oxygens (including phenoxy) is 2. The number of aromatic amines is 1. The Morgan fingerprint density at radius 2 is 2.22 bits per heavy atom. The minimum Gasteiger partial charge on any atom is -0.495 e. The number of benzene rings is 1. The predicted molar refractivity (Wildman–Crippen MR) is 88.6 cm³/mol. The van der Waals surface area contributed by atoms with Crippen LogP contribution in [0.15, 0.2) is 29.4 Å². The fraction of sp³-hybridized carbons (Fsp3) is 0.200. The van der Waals surface area contributed by atoms with Crippen LogP contribution in [0.1, 0.15) is 22.1 Å². The second-order valence-corrected chi connectivity index (χ2v) is 5.23. The van der Waals surface area contributed by atoms with E-state index in [0.29, 0.717) is 33.8 Å². The molecule has 1 aliphatic rings. The zero-order chi connectivity index (χ0) is 16.4. The molecule has 0 radical (unpaired) electrons. The molecule has 1 unspecified atom stereocenters. The van der Waals surface area contributed by atoms with Gasteiger partial charge in [-0.05, 0) is 18.2 Å². The molecule has 3 N–H and O–H groups in total. The maximum atomic E-state index is 10.9. The van der Waals surface area contributed by atoms with Gasteiger partial charge in [0.2, 0.25) is 5.96 Å². The lowest BCUT2D eigenvalue weighted by Gasteiger charge is -2.23. The van der Waals surface area contributed by atoms with Gasteiger partial charge in [-0.2, -0.15) is 0 Å². The largest absolute Gasteiger partial charge is 0.495 e. The van der Waals surface area contributed by atoms with Gasteiger partial charge >= 0.3 is 0 Å². The molecule has 0 bridgehead atoms. The van der Waals surface area contributed by atoms with Crippen molar-refractivity contribution < 1.29 is 14.3 Å². The van der Waals surface area contributed by atoms with Crippen LogP contribution in [-0.2, 0) is 4.74 Å². The fourth-order valence-corrected chi connectivity index (χ4v) is 2.58. The van der Waals surface area contributed by atoms with E-state index < -0.39 is 6.23 Å². The molecule has 7 nitrogen and oxygen atoms in total. The van der Waals surface area contributed by atoms with Crippen molar-refractivity contribution in [1.82, 2.24) is 4.98 Å². The number of aldehydes is 1. The summed E-state index contributed by atoms with van der Waals surface area (Å²) < 4.78 is 10.7. The Balaban J connectivity index is 1.89. The van der Waals surface area contributed by atoms with Gasteiger partial charge in [0.05, 0.1) is 23.4 Å². The van der Waals surface area contributed by atoms with E-state index in [2.05, 4.69) is 20.6 Å². The minimum atomic E-state index is -0.521. The Kier molecular flexibility index (Phi) is 4.22. The van der Waals surface area contributed by atoms with Crippen LogP contribution in [0.5, 0.6) is 5.75 Å². The van der Waals surface area contributed by atoms with Gasteiger partial charge in [-0.25, -0.2) is 4.99 Å². The highest BCUT2D eigenvalue weighted by atomic mass is 35.5. The highest BCUT2D eigenvalue weighted by Crippen LogP contribution is 2.36. The van der Waals surface area contributed by atoms with Crippen molar-refractivity contribution in [3.8, 4) is 5.75 Å². The topological polar surface area (TPSA) is 87.7 Å². The van der Waals surface area contributed by atoms with Gasteiger partial charge in [0.15, 0.2) is 6.23 Å². The van der Waals surface area contributed by atoms with Crippen molar-refractivity contribution in [2.24, 2.45) is 4.99 Å². The van der Waals surface area contributed by atoms with Crippen LogP contribution in [0.3, 0.4) is 0 Å². The zero-order valence-electron chi connectivity index (χ0n) is 12.5. The van der Waals surface area contributed by atoms with Gasteiger partial charge in [0.25, 0.3) is 0 Å². The number of methoxy groups -OCH3 is 2. The first kappa shape index (κ1) is 15.4. The molecule has 0 spiro atoms. The van der Waals surface area contributed by atoms with Crippen LogP contribution in [0, 0.1) is 0 Å². The molecule has 0 fully saturated rings. The number of aliphatic imine (C=N–C) groups is 1. The van der Waals surface area contributed by atoms with Crippen molar-refractivity contribution in [2.75, 3.05) is 24.9 Å². The Morgan fingerprint density at radius 1 is 1.39 bits per heavy atom. The second kappa shape index (κ2) is 6.31. The number of fused-ring (bicyclic) bond motifs is 1. The molecular weight excluding hydrogens is 320 g/mol. The van der Waals surface area contributed by atoms with Gasteiger partial charge in [0.1, 0.15) is 17.9 Å². The van der Waals surface area contributed by atoms with Gasteiger partial charge in [-0.3, -0.25) is 4.79 Å². The average Bonchev–Trinajstić information content (AvgIpc) is 2.95. The number of guanidine groups is 1. The van der Waals surface area contributed by atoms with Crippen molar-refractivity contribution >= 4 is 35.4 Å². The van der Waals surface area contributed by atoms with Crippen LogP contribution in [0.4, 0.5) is 11.5 Å². The lowest BCUT2D eigenvalue weighted by molar-refractivity contribution is 0.111. The van der Waals surface area contributed by atoms with Crippen LogP contribution in [0.2, 0.25) is 5.02 Å². The first-order valence-electron chi connectivity index (χ1n) is 6.81. The van der Waals surface area contributed by atoms with Crippen LogP contribution in [-0.4, -0.2) is 31.4 Å². The third-order valence-corrected chi connectivity index (χ3v) is 3.76. The molecule has 0 amide bonds. The van der Waals surface area contributed by atoms with E-state index in [1.165, 1.54) is 7.11 Å². The van der Waals surface area contributed by atoms with Gasteiger partial charge < -0.3 is 25.1 Å². The molecule has 0 saturated heterocycles. The molecule has 23 heavy (non-hydrogen) atoms. The predicted octanol–water partition coefficient (Wildman–Crippen LogP) is 3.03. The summed E-state index contributed by atoms with van der Waals surface area (Å²) in [5, 5.41) is 6.78. The van der Waals surface area contributed by atoms with E-state index in [-0.39, 0.29) is 0 Å². The molecule has 3 rings (SSSR count). The second-order valence-electron chi connectivity index (χ2n) is 4.82. The van der Waals surface area contributed by atoms with E-state index >= 15 is 0 Å². The number of hydrogen-bond acceptors (Lipinski definition) is 6. The fourth-order valence-electron chi connectivity index (χ4n) is 2.33. The van der Waals surface area contributed by atoms with Crippen LogP contribution < -0.4 is 15.4 Å². The van der Waals surface area contributed by atoms with Gasteiger partial charge in [-0.15, -0.1) is 0 Å². The number of H-pyrrole nitrogens is 1. The highest BCUT2D eigenvalue weighted by Gasteiger charge is 2.26. The number of nitrogens with one attached hydrogen (secondary N) is 3. The number of aromatic nitrogens is 1. The molecule has 120 valence electrons. The molecule has 8 heteroatoms. The van der Waals surface area contributed by atoms with E-state index in [1.54, 1.807) is 31.5 Å². The lowest BCUT2D eigenvalue weighted by atomic mass is 10.2. The van der Waals surface area contributed by atoms with E-state index in [1.807, 2.05) is 0 Å². The number of rotatable bonds is 4. The van der Waals surface area contributed by atoms with Crippen LogP contribution >= 0.6 is 11.6 Å². The quantitative estimate of drug-likeness (QED) is 0.748. The standard InChI is InChI=1S/C15H15ClN4O3/c1-22-11-5-8(7-21)3-4-10(11)18-15-19-13-12(9(16)6-17-13)14(20-15)23-2/h3-7,14,17H,1-2H3,(H2,18,19,20). The zero-order valence-corrected chi connectivity index (χ0v) is 13.3. The average molecular weight is 335 g/mol. The molecule has 1 aromatic carbocycles. The van der Waals surface area contributed by atoms with Crippen LogP contribution in [0.25, 0.3) is 0 Å². The normalized spacial score (nSPS) is 16.1. The Labute approximate surface area is 137 Å². The Hall–Kier alpha value is -2.51. The maximum Gasteiger partial charge on any atom is 0.204 e. The van der Waals surface area contributed by atoms with Crippen molar-refractivity contribution in [3.63, 3.8) is 0 Å². The highest BCUT2D eigenvalue weighted by molar-refractivity contribution is 6.32. The summed E-state index contributed by atoms with van der Waals surface area (Å²) in [5.74, 6) is 1.71. The number of carbonyl (C=O) groups excluding carboxylic acids is 1. The summed E-state index contributed by atoms with van der Waals surface area (Å²) in [5.41, 5.74) is 1.95. The SMILES string of the molecule is COc1cc(C=O)ccc1NC1=NC(OC)c2c(Cl)c[nH]c2N1. The van der Waals surface area contributed by atoms with E-state index in [9.17, 15) is 4.79 Å². The summed E-state index contributed by atoms with van der Waals surface area (Å²) in [7, 11) is 3.09. The number of nitrogens with zero attached hydrogens (tertiary/aromatic N) is 1. The molecule has 1 atom stereocenters. The third kappa shape index (κ3) is 2.88. The number of halogens is 1. The smallest absolute Gasteiger partial charge is 0.204 e. The number of carbonyl (C=O) groups is 1. The molecule has 1 aliphatic heterocycles. The number of anilines is 2.